The number of rotatable bonds is 5. The highest BCUT2D eigenvalue weighted by atomic mass is 16.5. The largest absolute Gasteiger partial charge is 0.378 e. The second kappa shape index (κ2) is 7.43. The van der Waals surface area contributed by atoms with Crippen LogP contribution in [-0.2, 0) is 4.74 Å². The van der Waals surface area contributed by atoms with Gasteiger partial charge in [-0.15, -0.1) is 0 Å². The Morgan fingerprint density at radius 2 is 2.10 bits per heavy atom. The van der Waals surface area contributed by atoms with Crippen molar-refractivity contribution < 1.29 is 9.53 Å². The van der Waals surface area contributed by atoms with Crippen molar-refractivity contribution in [3.8, 4) is 0 Å². The van der Waals surface area contributed by atoms with E-state index in [1.807, 2.05) is 48.2 Å². The Bertz CT molecular complexity index is 468. The summed E-state index contributed by atoms with van der Waals surface area (Å²) in [7, 11) is 3.95. The van der Waals surface area contributed by atoms with Gasteiger partial charge in [-0.05, 0) is 31.0 Å². The molecule has 1 amide bonds. The molecule has 0 spiro atoms. The van der Waals surface area contributed by atoms with E-state index in [2.05, 4.69) is 0 Å². The number of nitrogens with two attached hydrogens (primary N) is 1. The van der Waals surface area contributed by atoms with Crippen molar-refractivity contribution in [1.29, 1.82) is 0 Å². The number of carbonyl (C=O) groups excluding carboxylic acids is 1. The third kappa shape index (κ3) is 4.19. The number of hydrogen-bond donors (Lipinski definition) is 1. The van der Waals surface area contributed by atoms with Crippen LogP contribution in [0.2, 0.25) is 0 Å². The van der Waals surface area contributed by atoms with E-state index in [1.165, 1.54) is 0 Å². The number of hydrogen-bond acceptors (Lipinski definition) is 4. The second-order valence-electron chi connectivity index (χ2n) is 5.60. The average molecular weight is 291 g/mol. The van der Waals surface area contributed by atoms with E-state index in [4.69, 9.17) is 10.5 Å². The summed E-state index contributed by atoms with van der Waals surface area (Å²) in [6, 6.07) is 7.76. The fraction of sp³-hybridized carbons (Fsp3) is 0.562. The molecule has 1 aromatic rings. The van der Waals surface area contributed by atoms with Crippen LogP contribution in [-0.4, -0.2) is 57.2 Å². The van der Waals surface area contributed by atoms with E-state index in [0.717, 1.165) is 37.2 Å². The summed E-state index contributed by atoms with van der Waals surface area (Å²) in [6.07, 6.45) is 2.02. The first-order chi connectivity index (χ1) is 10.1. The molecule has 1 aliphatic heterocycles. The van der Waals surface area contributed by atoms with Crippen molar-refractivity contribution in [3.05, 3.63) is 29.8 Å². The Kier molecular flexibility index (Phi) is 5.59. The second-order valence-corrected chi connectivity index (χ2v) is 5.60. The standard InChI is InChI=1S/C16H25N3O2/c1-18(2)14-5-3-4-13(12-14)16(20)19-9-6-15(7-10-19)21-11-8-17/h3-5,12,15H,6-11,17H2,1-2H3. The summed E-state index contributed by atoms with van der Waals surface area (Å²) in [6.45, 7) is 2.65. The topological polar surface area (TPSA) is 58.8 Å². The first-order valence-corrected chi connectivity index (χ1v) is 7.50. The first kappa shape index (κ1) is 15.8. The molecular weight excluding hydrogens is 266 g/mol. The molecule has 1 aromatic carbocycles. The third-order valence-electron chi connectivity index (χ3n) is 3.81. The van der Waals surface area contributed by atoms with Crippen molar-refractivity contribution >= 4 is 11.6 Å². The maximum Gasteiger partial charge on any atom is 0.253 e. The quantitative estimate of drug-likeness (QED) is 0.889. The van der Waals surface area contributed by atoms with Crippen molar-refractivity contribution in [3.63, 3.8) is 0 Å². The zero-order chi connectivity index (χ0) is 15.2. The van der Waals surface area contributed by atoms with Gasteiger partial charge >= 0.3 is 0 Å². The van der Waals surface area contributed by atoms with Crippen LogP contribution < -0.4 is 10.6 Å². The van der Waals surface area contributed by atoms with Crippen LogP contribution in [0.4, 0.5) is 5.69 Å². The summed E-state index contributed by atoms with van der Waals surface area (Å²) in [5.74, 6) is 0.107. The number of nitrogens with zero attached hydrogens (tertiary/aromatic N) is 2. The number of benzene rings is 1. The highest BCUT2D eigenvalue weighted by Crippen LogP contribution is 2.19. The normalized spacial score (nSPS) is 16.0. The van der Waals surface area contributed by atoms with E-state index in [0.29, 0.717) is 13.2 Å². The molecule has 0 unspecified atom stereocenters. The molecule has 116 valence electrons. The van der Waals surface area contributed by atoms with Gasteiger partial charge < -0.3 is 20.3 Å². The summed E-state index contributed by atoms with van der Waals surface area (Å²) in [5.41, 5.74) is 7.24. The number of anilines is 1. The predicted octanol–water partition coefficient (Wildman–Crippen LogP) is 1.33. The van der Waals surface area contributed by atoms with Gasteiger partial charge in [0.25, 0.3) is 5.91 Å². The molecule has 0 saturated carbocycles. The summed E-state index contributed by atoms with van der Waals surface area (Å²) in [5, 5.41) is 0. The molecule has 0 aliphatic carbocycles. The molecule has 5 heteroatoms. The lowest BCUT2D eigenvalue weighted by molar-refractivity contribution is 0.0122. The van der Waals surface area contributed by atoms with Gasteiger partial charge in [0, 0.05) is 45.0 Å². The minimum atomic E-state index is 0.107. The zero-order valence-corrected chi connectivity index (χ0v) is 12.9. The molecule has 1 fully saturated rings. The minimum Gasteiger partial charge on any atom is -0.378 e. The van der Waals surface area contributed by atoms with Gasteiger partial charge in [-0.2, -0.15) is 0 Å². The molecule has 0 bridgehead atoms. The van der Waals surface area contributed by atoms with Crippen LogP contribution >= 0.6 is 0 Å². The van der Waals surface area contributed by atoms with Crippen LogP contribution in [0.15, 0.2) is 24.3 Å². The summed E-state index contributed by atoms with van der Waals surface area (Å²) < 4.78 is 5.65. The van der Waals surface area contributed by atoms with Crippen LogP contribution in [0, 0.1) is 0 Å². The van der Waals surface area contributed by atoms with E-state index < -0.39 is 0 Å². The van der Waals surface area contributed by atoms with Gasteiger partial charge in [0.1, 0.15) is 0 Å². The fourth-order valence-electron chi connectivity index (χ4n) is 2.56. The third-order valence-corrected chi connectivity index (χ3v) is 3.81. The van der Waals surface area contributed by atoms with Crippen molar-refractivity contribution in [2.24, 2.45) is 5.73 Å². The van der Waals surface area contributed by atoms with Crippen LogP contribution in [0.3, 0.4) is 0 Å². The molecule has 1 heterocycles. The van der Waals surface area contributed by atoms with Gasteiger partial charge in [-0.1, -0.05) is 6.07 Å². The monoisotopic (exact) mass is 291 g/mol. The maximum absolute atomic E-state index is 12.5. The number of ether oxygens (including phenoxy) is 1. The number of amides is 1. The average Bonchev–Trinajstić information content (AvgIpc) is 2.53. The van der Waals surface area contributed by atoms with Gasteiger partial charge in [0.2, 0.25) is 0 Å². The lowest BCUT2D eigenvalue weighted by Crippen LogP contribution is -2.41. The van der Waals surface area contributed by atoms with Crippen molar-refractivity contribution in [2.75, 3.05) is 45.2 Å². The smallest absolute Gasteiger partial charge is 0.253 e. The Morgan fingerprint density at radius 3 is 2.71 bits per heavy atom. The van der Waals surface area contributed by atoms with Crippen molar-refractivity contribution in [2.45, 2.75) is 18.9 Å². The fourth-order valence-corrected chi connectivity index (χ4v) is 2.56. The molecule has 2 rings (SSSR count). The lowest BCUT2D eigenvalue weighted by atomic mass is 10.1. The number of piperidine rings is 1. The van der Waals surface area contributed by atoms with E-state index >= 15 is 0 Å². The predicted molar refractivity (Wildman–Crippen MR) is 84.7 cm³/mol. The molecule has 21 heavy (non-hydrogen) atoms. The molecule has 1 aliphatic rings. The van der Waals surface area contributed by atoms with Crippen molar-refractivity contribution in [1.82, 2.24) is 4.90 Å². The highest BCUT2D eigenvalue weighted by molar-refractivity contribution is 5.95. The summed E-state index contributed by atoms with van der Waals surface area (Å²) in [4.78, 5) is 16.5. The minimum absolute atomic E-state index is 0.107. The van der Waals surface area contributed by atoms with Crippen LogP contribution in [0.5, 0.6) is 0 Å². The zero-order valence-electron chi connectivity index (χ0n) is 12.9. The molecule has 0 radical (unpaired) electrons. The van der Waals surface area contributed by atoms with Gasteiger partial charge in [-0.3, -0.25) is 4.79 Å². The van der Waals surface area contributed by atoms with E-state index in [1.54, 1.807) is 0 Å². The number of carbonyl (C=O) groups is 1. The molecular formula is C16H25N3O2. The van der Waals surface area contributed by atoms with Gasteiger partial charge in [0.05, 0.1) is 12.7 Å². The van der Waals surface area contributed by atoms with Crippen LogP contribution in [0.1, 0.15) is 23.2 Å². The van der Waals surface area contributed by atoms with Gasteiger partial charge in [0.15, 0.2) is 0 Å². The van der Waals surface area contributed by atoms with Crippen LogP contribution in [0.25, 0.3) is 0 Å². The van der Waals surface area contributed by atoms with Gasteiger partial charge in [-0.25, -0.2) is 0 Å². The Hall–Kier alpha value is -1.59. The Balaban J connectivity index is 1.94. The molecule has 0 atom stereocenters. The molecule has 2 N–H and O–H groups in total. The summed E-state index contributed by atoms with van der Waals surface area (Å²) >= 11 is 0. The Morgan fingerprint density at radius 1 is 1.38 bits per heavy atom. The lowest BCUT2D eigenvalue weighted by Gasteiger charge is -2.32. The highest BCUT2D eigenvalue weighted by Gasteiger charge is 2.24. The SMILES string of the molecule is CN(C)c1cccc(C(=O)N2CCC(OCCN)CC2)c1. The Labute approximate surface area is 126 Å². The molecule has 5 nitrogen and oxygen atoms in total. The number of likely N-dealkylation sites (tertiary alicyclic amines) is 1. The molecule has 0 aromatic heterocycles. The molecule has 1 saturated heterocycles. The maximum atomic E-state index is 12.5. The van der Waals surface area contributed by atoms with E-state index in [-0.39, 0.29) is 12.0 Å². The van der Waals surface area contributed by atoms with E-state index in [9.17, 15) is 4.79 Å². The first-order valence-electron chi connectivity index (χ1n) is 7.50.